The van der Waals surface area contributed by atoms with Crippen molar-refractivity contribution in [2.45, 2.75) is 12.2 Å². The largest absolute Gasteiger partial charge is 0.275 e. The second-order valence-electron chi connectivity index (χ2n) is 7.08. The van der Waals surface area contributed by atoms with E-state index >= 15 is 0 Å². The fraction of sp³-hybridized carbons (Fsp3) is 0.0833. The van der Waals surface area contributed by atoms with Gasteiger partial charge in [0.05, 0.1) is 17.6 Å². The lowest BCUT2D eigenvalue weighted by Gasteiger charge is -2.13. The second-order valence-corrected chi connectivity index (χ2v) is 8.06. The van der Waals surface area contributed by atoms with Crippen molar-refractivity contribution in [1.29, 1.82) is 0 Å². The molecule has 1 aromatic heterocycles. The summed E-state index contributed by atoms with van der Waals surface area (Å²) in [6, 6.07) is 22.3. The van der Waals surface area contributed by atoms with Crippen LogP contribution in [-0.4, -0.2) is 18.2 Å². The molecule has 0 aliphatic heterocycles. The van der Waals surface area contributed by atoms with E-state index in [9.17, 15) is 17.6 Å². The molecule has 0 aliphatic carbocycles. The van der Waals surface area contributed by atoms with Crippen LogP contribution in [-0.2, 0) is 22.9 Å². The smallest absolute Gasteiger partial charge is 0.267 e. The fourth-order valence-electron chi connectivity index (χ4n) is 3.41. The van der Waals surface area contributed by atoms with Crippen LogP contribution in [0.3, 0.4) is 0 Å². The minimum absolute atomic E-state index is 0.0309. The highest BCUT2D eigenvalue weighted by Crippen LogP contribution is 2.24. The fourth-order valence-corrected chi connectivity index (χ4v) is 3.92. The molecule has 0 atom stereocenters. The van der Waals surface area contributed by atoms with Crippen molar-refractivity contribution in [3.63, 3.8) is 0 Å². The van der Waals surface area contributed by atoms with Crippen molar-refractivity contribution < 1.29 is 12.8 Å². The Bertz CT molecular complexity index is 1320. The van der Waals surface area contributed by atoms with E-state index in [2.05, 4.69) is 5.10 Å². The summed E-state index contributed by atoms with van der Waals surface area (Å²) in [6.45, 7) is 0. The van der Waals surface area contributed by atoms with Crippen molar-refractivity contribution in [3.8, 4) is 16.8 Å². The molecule has 0 saturated carbocycles. The maximum absolute atomic E-state index is 13.4. The molecule has 0 amide bonds. The first-order valence-corrected chi connectivity index (χ1v) is 11.0. The van der Waals surface area contributed by atoms with Gasteiger partial charge in [0.2, 0.25) is 0 Å². The third-order valence-electron chi connectivity index (χ3n) is 4.95. The van der Waals surface area contributed by atoms with Crippen molar-refractivity contribution in [2.24, 2.45) is 0 Å². The van der Waals surface area contributed by atoms with E-state index in [1.54, 1.807) is 30.5 Å². The highest BCUT2D eigenvalue weighted by atomic mass is 32.2. The molecule has 7 heteroatoms. The number of hydrogen-bond donors (Lipinski definition) is 1. The highest BCUT2D eigenvalue weighted by Gasteiger charge is 2.15. The number of rotatable bonds is 6. The van der Waals surface area contributed by atoms with Crippen molar-refractivity contribution >= 4 is 10.7 Å². The molecule has 0 fully saturated rings. The van der Waals surface area contributed by atoms with Crippen molar-refractivity contribution in [1.82, 2.24) is 9.78 Å². The van der Waals surface area contributed by atoms with Crippen LogP contribution < -0.4 is 5.56 Å². The van der Waals surface area contributed by atoms with Gasteiger partial charge in [0.15, 0.2) is 0 Å². The predicted octanol–water partition coefficient (Wildman–Crippen LogP) is 3.74. The molecule has 31 heavy (non-hydrogen) atoms. The molecule has 0 saturated heterocycles. The van der Waals surface area contributed by atoms with Gasteiger partial charge in [-0.3, -0.25) is 4.79 Å². The van der Waals surface area contributed by atoms with Gasteiger partial charge in [0.25, 0.3) is 5.56 Å². The van der Waals surface area contributed by atoms with Gasteiger partial charge in [-0.15, -0.1) is 0 Å². The minimum Gasteiger partial charge on any atom is -0.267 e. The van der Waals surface area contributed by atoms with Gasteiger partial charge in [0.1, 0.15) is 16.5 Å². The summed E-state index contributed by atoms with van der Waals surface area (Å²) >= 11 is 0. The van der Waals surface area contributed by atoms with Gasteiger partial charge in [0, 0.05) is 17.5 Å². The Kier molecular flexibility index (Phi) is 6.04. The normalized spacial score (nSPS) is 11.0. The van der Waals surface area contributed by atoms with Gasteiger partial charge in [-0.2, -0.15) is 9.78 Å². The third kappa shape index (κ3) is 4.78. The Hall–Kier alpha value is -3.58. The molecule has 0 bridgehead atoms. The SMILES string of the molecule is O=c1c(Cc2ccccc2)c(-c2ccc(C[SH](=O)=O)cc2)cnn1-c1ccc(F)cc1. The summed E-state index contributed by atoms with van der Waals surface area (Å²) in [5.74, 6) is -0.422. The minimum atomic E-state index is -2.51. The monoisotopic (exact) mass is 434 g/mol. The van der Waals surface area contributed by atoms with E-state index in [0.29, 0.717) is 28.8 Å². The lowest BCUT2D eigenvalue weighted by atomic mass is 9.97. The van der Waals surface area contributed by atoms with Crippen LogP contribution in [0, 0.1) is 5.82 Å². The highest BCUT2D eigenvalue weighted by molar-refractivity contribution is 7.71. The molecule has 1 heterocycles. The second kappa shape index (κ2) is 9.06. The van der Waals surface area contributed by atoms with Gasteiger partial charge >= 0.3 is 0 Å². The predicted molar refractivity (Wildman–Crippen MR) is 118 cm³/mol. The molecule has 5 nitrogen and oxygen atoms in total. The van der Waals surface area contributed by atoms with Crippen LogP contribution in [0.4, 0.5) is 4.39 Å². The molecule has 0 unspecified atom stereocenters. The Morgan fingerprint density at radius 3 is 2.16 bits per heavy atom. The Labute approximate surface area is 180 Å². The Morgan fingerprint density at radius 2 is 1.52 bits per heavy atom. The summed E-state index contributed by atoms with van der Waals surface area (Å²) < 4.78 is 36.5. The average molecular weight is 434 g/mol. The molecule has 0 aliphatic rings. The molecule has 4 aromatic rings. The zero-order chi connectivity index (χ0) is 21.8. The number of benzene rings is 3. The van der Waals surface area contributed by atoms with E-state index in [0.717, 1.165) is 11.1 Å². The first kappa shape index (κ1) is 20.7. The standard InChI is InChI=1S/C24H19FN2O3S/c25-20-10-12-21(13-11-20)27-24(28)22(14-17-4-2-1-3-5-17)23(15-26-27)19-8-6-18(7-9-19)16-31(29)30/h1-13,15,31H,14,16H2. The topological polar surface area (TPSA) is 69.0 Å². The van der Waals surface area contributed by atoms with E-state index < -0.39 is 16.5 Å². The molecular formula is C24H19FN2O3S. The van der Waals surface area contributed by atoms with Crippen LogP contribution in [0.1, 0.15) is 16.7 Å². The summed E-state index contributed by atoms with van der Waals surface area (Å²) in [6.07, 6.45) is 2.01. The van der Waals surface area contributed by atoms with Crippen LogP contribution in [0.25, 0.3) is 16.8 Å². The van der Waals surface area contributed by atoms with Gasteiger partial charge in [-0.25, -0.2) is 12.8 Å². The van der Waals surface area contributed by atoms with Gasteiger partial charge < -0.3 is 0 Å². The van der Waals surface area contributed by atoms with E-state index in [4.69, 9.17) is 0 Å². The number of nitrogens with zero attached hydrogens (tertiary/aromatic N) is 2. The molecule has 3 aromatic carbocycles. The zero-order valence-corrected chi connectivity index (χ0v) is 17.3. The molecule has 0 N–H and O–H groups in total. The number of halogens is 1. The van der Waals surface area contributed by atoms with E-state index in [-0.39, 0.29) is 11.3 Å². The van der Waals surface area contributed by atoms with Crippen LogP contribution in [0.15, 0.2) is 89.9 Å². The third-order valence-corrected chi connectivity index (χ3v) is 5.57. The molecule has 156 valence electrons. The molecule has 0 radical (unpaired) electrons. The van der Waals surface area contributed by atoms with Crippen LogP contribution >= 0.6 is 0 Å². The van der Waals surface area contributed by atoms with E-state index in [1.807, 2.05) is 30.3 Å². The molecular weight excluding hydrogens is 415 g/mol. The average Bonchev–Trinajstić information content (AvgIpc) is 2.77. The van der Waals surface area contributed by atoms with Crippen LogP contribution in [0.5, 0.6) is 0 Å². The summed E-state index contributed by atoms with van der Waals surface area (Å²) in [5, 5.41) is 4.31. The first-order chi connectivity index (χ1) is 15.0. The number of thiol groups is 1. The molecule has 4 rings (SSSR count). The lowest BCUT2D eigenvalue weighted by Crippen LogP contribution is -2.25. The maximum atomic E-state index is 13.4. The molecule has 0 spiro atoms. The van der Waals surface area contributed by atoms with Crippen molar-refractivity contribution in [2.75, 3.05) is 0 Å². The zero-order valence-electron chi connectivity index (χ0n) is 16.4. The lowest BCUT2D eigenvalue weighted by molar-refractivity contribution is 0.614. The van der Waals surface area contributed by atoms with Gasteiger partial charge in [-0.1, -0.05) is 54.6 Å². The summed E-state index contributed by atoms with van der Waals surface area (Å²) in [4.78, 5) is 13.4. The Balaban J connectivity index is 1.83. The number of aromatic nitrogens is 2. The van der Waals surface area contributed by atoms with Crippen molar-refractivity contribution in [3.05, 3.63) is 118 Å². The Morgan fingerprint density at radius 1 is 0.839 bits per heavy atom. The van der Waals surface area contributed by atoms with Crippen LogP contribution in [0.2, 0.25) is 0 Å². The first-order valence-electron chi connectivity index (χ1n) is 9.63. The number of hydrogen-bond acceptors (Lipinski definition) is 4. The summed E-state index contributed by atoms with van der Waals surface area (Å²) in [5.41, 5.74) is 3.82. The van der Waals surface area contributed by atoms with E-state index in [1.165, 1.54) is 28.9 Å². The van der Waals surface area contributed by atoms with Gasteiger partial charge in [-0.05, 0) is 41.0 Å². The maximum Gasteiger partial charge on any atom is 0.275 e. The quantitative estimate of drug-likeness (QED) is 0.470. The summed E-state index contributed by atoms with van der Waals surface area (Å²) in [7, 11) is -2.51.